The summed E-state index contributed by atoms with van der Waals surface area (Å²) < 4.78 is 29.6. The van der Waals surface area contributed by atoms with Crippen LogP contribution < -0.4 is 14.2 Å². The predicted molar refractivity (Wildman–Crippen MR) is 73.6 cm³/mol. The lowest BCUT2D eigenvalue weighted by Gasteiger charge is -2.25. The fraction of sp³-hybridized carbons (Fsp3) is 0.188. The molecule has 1 unspecified atom stereocenters. The van der Waals surface area contributed by atoms with Gasteiger partial charge in [0.25, 0.3) is 0 Å². The number of halogens is 1. The van der Waals surface area contributed by atoms with E-state index in [-0.39, 0.29) is 23.7 Å². The van der Waals surface area contributed by atoms with E-state index in [0.717, 1.165) is 6.07 Å². The molecular weight excluding hydrogens is 275 g/mol. The van der Waals surface area contributed by atoms with Gasteiger partial charge in [-0.2, -0.15) is 0 Å². The van der Waals surface area contributed by atoms with Gasteiger partial charge in [-0.1, -0.05) is 12.1 Å². The van der Waals surface area contributed by atoms with Crippen LogP contribution in [0, 0.1) is 5.82 Å². The van der Waals surface area contributed by atoms with Crippen molar-refractivity contribution in [2.45, 2.75) is 6.10 Å². The lowest BCUT2D eigenvalue weighted by Crippen LogP contribution is -2.36. The first-order valence-corrected chi connectivity index (χ1v) is 6.45. The van der Waals surface area contributed by atoms with E-state index in [2.05, 4.69) is 0 Å². The molecule has 108 valence electrons. The Morgan fingerprint density at radius 3 is 2.71 bits per heavy atom. The second-order valence-electron chi connectivity index (χ2n) is 4.58. The van der Waals surface area contributed by atoms with Crippen molar-refractivity contribution < 1.29 is 23.4 Å². The Kier molecular flexibility index (Phi) is 3.48. The second kappa shape index (κ2) is 5.44. The van der Waals surface area contributed by atoms with Gasteiger partial charge in [0, 0.05) is 5.56 Å². The summed E-state index contributed by atoms with van der Waals surface area (Å²) in [5.74, 6) is 0.294. The van der Waals surface area contributed by atoms with E-state index in [1.807, 2.05) is 6.07 Å². The van der Waals surface area contributed by atoms with E-state index in [4.69, 9.17) is 14.2 Å². The first-order chi connectivity index (χ1) is 10.2. The zero-order valence-corrected chi connectivity index (χ0v) is 11.3. The van der Waals surface area contributed by atoms with Crippen molar-refractivity contribution in [1.82, 2.24) is 0 Å². The highest BCUT2D eigenvalue weighted by Crippen LogP contribution is 2.32. The maximum atomic E-state index is 13.7. The van der Waals surface area contributed by atoms with Crippen LogP contribution in [0.5, 0.6) is 17.2 Å². The number of ketones is 1. The molecule has 0 amide bonds. The third-order valence-electron chi connectivity index (χ3n) is 3.24. The van der Waals surface area contributed by atoms with Crippen molar-refractivity contribution in [3.8, 4) is 17.2 Å². The molecule has 0 aliphatic carbocycles. The third-order valence-corrected chi connectivity index (χ3v) is 3.24. The Labute approximate surface area is 121 Å². The van der Waals surface area contributed by atoms with Gasteiger partial charge >= 0.3 is 0 Å². The number of carbonyl (C=O) groups is 1. The van der Waals surface area contributed by atoms with E-state index >= 15 is 0 Å². The van der Waals surface area contributed by atoms with Crippen LogP contribution in [-0.4, -0.2) is 25.6 Å². The minimum absolute atomic E-state index is 0.0951. The number of benzene rings is 2. The van der Waals surface area contributed by atoms with Crippen molar-refractivity contribution in [2.75, 3.05) is 13.7 Å². The van der Waals surface area contributed by atoms with Gasteiger partial charge in [0.15, 0.2) is 29.2 Å². The highest BCUT2D eigenvalue weighted by Gasteiger charge is 2.28. The standard InChI is InChI=1S/C16H13FO4/c1-19-12-7-6-10(8-11(12)17)16(18)15-9-20-13-4-2-3-5-14(13)21-15/h2-8,15H,9H2,1H3. The Bertz CT molecular complexity index is 684. The van der Waals surface area contributed by atoms with Crippen LogP contribution in [0.3, 0.4) is 0 Å². The highest BCUT2D eigenvalue weighted by molar-refractivity contribution is 6.00. The molecular formula is C16H13FO4. The van der Waals surface area contributed by atoms with Gasteiger partial charge in [0.1, 0.15) is 6.61 Å². The van der Waals surface area contributed by atoms with Crippen LogP contribution in [0.1, 0.15) is 10.4 Å². The maximum Gasteiger partial charge on any atom is 0.206 e. The average molecular weight is 288 g/mol. The van der Waals surface area contributed by atoms with Crippen LogP contribution in [0.2, 0.25) is 0 Å². The molecule has 1 aliphatic rings. The summed E-state index contributed by atoms with van der Waals surface area (Å²) in [6.45, 7) is 0.101. The maximum absolute atomic E-state index is 13.7. The van der Waals surface area contributed by atoms with Crippen molar-refractivity contribution in [3.05, 3.63) is 53.8 Å². The van der Waals surface area contributed by atoms with Gasteiger partial charge in [-0.05, 0) is 30.3 Å². The molecule has 4 nitrogen and oxygen atoms in total. The molecule has 0 N–H and O–H groups in total. The van der Waals surface area contributed by atoms with Gasteiger partial charge < -0.3 is 14.2 Å². The van der Waals surface area contributed by atoms with Crippen LogP contribution in [0.25, 0.3) is 0 Å². The van der Waals surface area contributed by atoms with E-state index in [1.54, 1.807) is 18.2 Å². The fourth-order valence-electron chi connectivity index (χ4n) is 2.15. The van der Waals surface area contributed by atoms with Gasteiger partial charge in [-0.3, -0.25) is 4.79 Å². The molecule has 3 rings (SSSR count). The molecule has 0 spiro atoms. The second-order valence-corrected chi connectivity index (χ2v) is 4.58. The molecule has 21 heavy (non-hydrogen) atoms. The fourth-order valence-corrected chi connectivity index (χ4v) is 2.15. The Morgan fingerprint density at radius 2 is 2.00 bits per heavy atom. The molecule has 0 radical (unpaired) electrons. The van der Waals surface area contributed by atoms with E-state index in [9.17, 15) is 9.18 Å². The summed E-state index contributed by atoms with van der Waals surface area (Å²) in [6.07, 6.45) is -0.785. The van der Waals surface area contributed by atoms with Gasteiger partial charge in [0.2, 0.25) is 5.78 Å². The summed E-state index contributed by atoms with van der Waals surface area (Å²) in [6, 6.07) is 11.2. The first kappa shape index (κ1) is 13.4. The summed E-state index contributed by atoms with van der Waals surface area (Å²) >= 11 is 0. The van der Waals surface area contributed by atoms with Gasteiger partial charge in [-0.15, -0.1) is 0 Å². The molecule has 0 aromatic heterocycles. The van der Waals surface area contributed by atoms with Crippen LogP contribution in [0.15, 0.2) is 42.5 Å². The number of hydrogen-bond donors (Lipinski definition) is 0. The van der Waals surface area contributed by atoms with Crippen molar-refractivity contribution in [2.24, 2.45) is 0 Å². The van der Waals surface area contributed by atoms with Crippen molar-refractivity contribution in [3.63, 3.8) is 0 Å². The highest BCUT2D eigenvalue weighted by atomic mass is 19.1. The van der Waals surface area contributed by atoms with Gasteiger partial charge in [-0.25, -0.2) is 4.39 Å². The largest absolute Gasteiger partial charge is 0.494 e. The molecule has 0 bridgehead atoms. The van der Waals surface area contributed by atoms with E-state index in [1.165, 1.54) is 19.2 Å². The molecule has 5 heteroatoms. The molecule has 2 aromatic rings. The Hall–Kier alpha value is -2.56. The molecule has 1 aliphatic heterocycles. The van der Waals surface area contributed by atoms with Gasteiger partial charge in [0.05, 0.1) is 7.11 Å². The quantitative estimate of drug-likeness (QED) is 0.815. The lowest BCUT2D eigenvalue weighted by atomic mass is 10.1. The van der Waals surface area contributed by atoms with Crippen LogP contribution >= 0.6 is 0 Å². The number of carbonyl (C=O) groups excluding carboxylic acids is 1. The monoisotopic (exact) mass is 288 g/mol. The molecule has 1 heterocycles. The van der Waals surface area contributed by atoms with E-state index in [0.29, 0.717) is 11.5 Å². The zero-order valence-electron chi connectivity index (χ0n) is 11.3. The third kappa shape index (κ3) is 2.54. The lowest BCUT2D eigenvalue weighted by molar-refractivity contribution is 0.0585. The normalized spacial score (nSPS) is 16.4. The number of ether oxygens (including phenoxy) is 3. The average Bonchev–Trinajstić information content (AvgIpc) is 2.53. The number of Topliss-reactive ketones (excluding diaryl/α,β-unsaturated/α-hetero) is 1. The number of rotatable bonds is 3. The minimum atomic E-state index is -0.785. The number of methoxy groups -OCH3 is 1. The molecule has 0 fully saturated rings. The predicted octanol–water partition coefficient (Wildman–Crippen LogP) is 2.86. The van der Waals surface area contributed by atoms with Crippen LogP contribution in [0.4, 0.5) is 4.39 Å². The summed E-state index contributed by atoms with van der Waals surface area (Å²) in [5, 5.41) is 0. The summed E-state index contributed by atoms with van der Waals surface area (Å²) in [7, 11) is 1.37. The number of para-hydroxylation sites is 2. The first-order valence-electron chi connectivity index (χ1n) is 6.45. The topological polar surface area (TPSA) is 44.8 Å². The SMILES string of the molecule is COc1ccc(C(=O)C2COc3ccccc3O2)cc1F. The summed E-state index contributed by atoms with van der Waals surface area (Å²) in [4.78, 5) is 12.3. The zero-order chi connectivity index (χ0) is 14.8. The number of fused-ring (bicyclic) bond motifs is 1. The molecule has 0 saturated heterocycles. The van der Waals surface area contributed by atoms with Crippen molar-refractivity contribution >= 4 is 5.78 Å². The number of hydrogen-bond acceptors (Lipinski definition) is 4. The molecule has 2 aromatic carbocycles. The van der Waals surface area contributed by atoms with E-state index < -0.39 is 11.9 Å². The smallest absolute Gasteiger partial charge is 0.206 e. The summed E-state index contributed by atoms with van der Waals surface area (Å²) in [5.41, 5.74) is 0.223. The Morgan fingerprint density at radius 1 is 1.24 bits per heavy atom. The van der Waals surface area contributed by atoms with Crippen molar-refractivity contribution in [1.29, 1.82) is 0 Å². The molecule has 1 atom stereocenters. The molecule has 0 saturated carbocycles. The van der Waals surface area contributed by atoms with Crippen LogP contribution in [-0.2, 0) is 0 Å². The Balaban J connectivity index is 1.82. The minimum Gasteiger partial charge on any atom is -0.494 e.